The zero-order valence-corrected chi connectivity index (χ0v) is 12.2. The maximum absolute atomic E-state index is 13.4. The normalized spacial score (nSPS) is 10.2. The number of methoxy groups -OCH3 is 1. The van der Waals surface area contributed by atoms with E-state index in [4.69, 9.17) is 10.5 Å². The third-order valence-electron chi connectivity index (χ3n) is 2.67. The predicted octanol–water partition coefficient (Wildman–Crippen LogP) is 3.43. The number of hydrogen-bond acceptors (Lipinski definition) is 3. The molecule has 0 saturated heterocycles. The van der Waals surface area contributed by atoms with Crippen LogP contribution in [-0.4, -0.2) is 13.0 Å². The molecular weight excluding hydrogens is 327 g/mol. The minimum Gasteiger partial charge on any atom is -0.495 e. The van der Waals surface area contributed by atoms with Crippen LogP contribution in [0.2, 0.25) is 0 Å². The molecule has 0 spiro atoms. The second kappa shape index (κ2) is 5.92. The van der Waals surface area contributed by atoms with Crippen molar-refractivity contribution < 1.29 is 13.9 Å². The van der Waals surface area contributed by atoms with Crippen LogP contribution in [0.25, 0.3) is 0 Å². The summed E-state index contributed by atoms with van der Waals surface area (Å²) in [6, 6.07) is 9.03. The molecule has 1 amide bonds. The number of amides is 1. The number of carbonyl (C=O) groups excluding carboxylic acids is 1. The van der Waals surface area contributed by atoms with E-state index in [1.54, 1.807) is 18.2 Å². The number of nitrogens with one attached hydrogen (secondary N) is 1. The predicted molar refractivity (Wildman–Crippen MR) is 79.5 cm³/mol. The molecule has 6 heteroatoms. The molecule has 0 aliphatic heterocycles. The number of ether oxygens (including phenoxy) is 1. The second-order valence-electron chi connectivity index (χ2n) is 4.04. The highest BCUT2D eigenvalue weighted by molar-refractivity contribution is 9.10. The molecule has 0 radical (unpaired) electrons. The van der Waals surface area contributed by atoms with Crippen LogP contribution in [0.1, 0.15) is 10.4 Å². The van der Waals surface area contributed by atoms with E-state index in [2.05, 4.69) is 21.2 Å². The van der Waals surface area contributed by atoms with E-state index in [0.29, 0.717) is 21.6 Å². The summed E-state index contributed by atoms with van der Waals surface area (Å²) in [5.41, 5.74) is 6.90. The molecule has 0 fully saturated rings. The van der Waals surface area contributed by atoms with Crippen LogP contribution >= 0.6 is 15.9 Å². The quantitative estimate of drug-likeness (QED) is 0.842. The molecule has 0 atom stereocenters. The van der Waals surface area contributed by atoms with E-state index in [-0.39, 0.29) is 5.56 Å². The number of rotatable bonds is 3. The van der Waals surface area contributed by atoms with Crippen molar-refractivity contribution in [2.24, 2.45) is 0 Å². The Morgan fingerprint density at radius 1 is 1.30 bits per heavy atom. The van der Waals surface area contributed by atoms with E-state index < -0.39 is 11.7 Å². The van der Waals surface area contributed by atoms with Crippen LogP contribution in [0.15, 0.2) is 40.9 Å². The standard InChI is InChI=1S/C14H12BrFN2O2/c1-20-13-7-9(3-5-12(13)17)18-14(19)8-2-4-10(15)11(16)6-8/h2-7H,17H2,1H3,(H,18,19). The Morgan fingerprint density at radius 2 is 2.05 bits per heavy atom. The van der Waals surface area contributed by atoms with Gasteiger partial charge in [-0.3, -0.25) is 4.79 Å². The molecule has 0 aliphatic rings. The summed E-state index contributed by atoms with van der Waals surface area (Å²) in [5, 5.41) is 2.65. The van der Waals surface area contributed by atoms with E-state index in [9.17, 15) is 9.18 Å². The lowest BCUT2D eigenvalue weighted by molar-refractivity contribution is 0.102. The third kappa shape index (κ3) is 3.08. The Hall–Kier alpha value is -2.08. The summed E-state index contributed by atoms with van der Waals surface area (Å²) in [5.74, 6) is -0.444. The third-order valence-corrected chi connectivity index (χ3v) is 3.32. The van der Waals surface area contributed by atoms with Gasteiger partial charge in [0.05, 0.1) is 17.3 Å². The number of halogens is 2. The average molecular weight is 339 g/mol. The molecule has 2 aromatic rings. The Balaban J connectivity index is 2.21. The van der Waals surface area contributed by atoms with E-state index in [1.165, 1.54) is 19.2 Å². The number of anilines is 2. The number of carbonyl (C=O) groups is 1. The van der Waals surface area contributed by atoms with Gasteiger partial charge in [-0.1, -0.05) is 0 Å². The fraction of sp³-hybridized carbons (Fsp3) is 0.0714. The molecule has 104 valence electrons. The summed E-state index contributed by atoms with van der Waals surface area (Å²) < 4.78 is 18.8. The molecule has 4 nitrogen and oxygen atoms in total. The molecule has 3 N–H and O–H groups in total. The van der Waals surface area contributed by atoms with Crippen molar-refractivity contribution in [1.29, 1.82) is 0 Å². The highest BCUT2D eigenvalue weighted by Gasteiger charge is 2.10. The number of nitrogen functional groups attached to an aromatic ring is 1. The average Bonchev–Trinajstić information content (AvgIpc) is 2.43. The van der Waals surface area contributed by atoms with Crippen molar-refractivity contribution >= 4 is 33.2 Å². The van der Waals surface area contributed by atoms with Crippen LogP contribution in [0.5, 0.6) is 5.75 Å². The number of benzene rings is 2. The van der Waals surface area contributed by atoms with Gasteiger partial charge in [-0.25, -0.2) is 4.39 Å². The lowest BCUT2D eigenvalue weighted by atomic mass is 10.2. The van der Waals surface area contributed by atoms with Crippen molar-refractivity contribution in [3.8, 4) is 5.75 Å². The minimum atomic E-state index is -0.493. The Labute approximate surface area is 123 Å². The summed E-state index contributed by atoms with van der Waals surface area (Å²) in [7, 11) is 1.49. The van der Waals surface area contributed by atoms with E-state index in [1.807, 2.05) is 0 Å². The lowest BCUT2D eigenvalue weighted by Crippen LogP contribution is -2.12. The molecular formula is C14H12BrFN2O2. The molecule has 0 aliphatic carbocycles. The van der Waals surface area contributed by atoms with Gasteiger partial charge in [-0.05, 0) is 46.3 Å². The second-order valence-corrected chi connectivity index (χ2v) is 4.89. The van der Waals surface area contributed by atoms with Crippen LogP contribution in [0.3, 0.4) is 0 Å². The summed E-state index contributed by atoms with van der Waals surface area (Å²) in [6.45, 7) is 0. The summed E-state index contributed by atoms with van der Waals surface area (Å²) in [4.78, 5) is 12.0. The Kier molecular flexibility index (Phi) is 4.24. The fourth-order valence-electron chi connectivity index (χ4n) is 1.63. The molecule has 0 bridgehead atoms. The first-order valence-electron chi connectivity index (χ1n) is 5.71. The molecule has 0 heterocycles. The van der Waals surface area contributed by atoms with Crippen molar-refractivity contribution in [3.05, 3.63) is 52.3 Å². The molecule has 20 heavy (non-hydrogen) atoms. The van der Waals surface area contributed by atoms with Crippen LogP contribution in [-0.2, 0) is 0 Å². The Morgan fingerprint density at radius 3 is 2.70 bits per heavy atom. The minimum absolute atomic E-state index is 0.224. The summed E-state index contributed by atoms with van der Waals surface area (Å²) >= 11 is 3.04. The molecule has 0 aromatic heterocycles. The first-order chi connectivity index (χ1) is 9.51. The van der Waals surface area contributed by atoms with Gasteiger partial charge >= 0.3 is 0 Å². The summed E-state index contributed by atoms with van der Waals surface area (Å²) in [6.07, 6.45) is 0. The van der Waals surface area contributed by atoms with Crippen LogP contribution in [0, 0.1) is 5.82 Å². The van der Waals surface area contributed by atoms with Crippen LogP contribution < -0.4 is 15.8 Å². The van der Waals surface area contributed by atoms with Gasteiger partial charge in [0.25, 0.3) is 5.91 Å². The number of nitrogens with two attached hydrogens (primary N) is 1. The van der Waals surface area contributed by atoms with E-state index >= 15 is 0 Å². The van der Waals surface area contributed by atoms with Gasteiger partial charge in [0.15, 0.2) is 0 Å². The highest BCUT2D eigenvalue weighted by atomic mass is 79.9. The van der Waals surface area contributed by atoms with Gasteiger partial charge in [0, 0.05) is 17.3 Å². The zero-order valence-electron chi connectivity index (χ0n) is 10.6. The van der Waals surface area contributed by atoms with Crippen LogP contribution in [0.4, 0.5) is 15.8 Å². The van der Waals surface area contributed by atoms with Gasteiger partial charge in [-0.15, -0.1) is 0 Å². The first kappa shape index (κ1) is 14.3. The SMILES string of the molecule is COc1cc(NC(=O)c2ccc(Br)c(F)c2)ccc1N. The smallest absolute Gasteiger partial charge is 0.255 e. The molecule has 2 aromatic carbocycles. The van der Waals surface area contributed by atoms with Gasteiger partial charge in [0.2, 0.25) is 0 Å². The van der Waals surface area contributed by atoms with E-state index in [0.717, 1.165) is 6.07 Å². The maximum Gasteiger partial charge on any atom is 0.255 e. The highest BCUT2D eigenvalue weighted by Crippen LogP contribution is 2.25. The Bertz CT molecular complexity index is 662. The first-order valence-corrected chi connectivity index (χ1v) is 6.50. The van der Waals surface area contributed by atoms with Gasteiger partial charge < -0.3 is 15.8 Å². The van der Waals surface area contributed by atoms with Crippen molar-refractivity contribution in [3.63, 3.8) is 0 Å². The van der Waals surface area contributed by atoms with Crippen molar-refractivity contribution in [1.82, 2.24) is 0 Å². The fourth-order valence-corrected chi connectivity index (χ4v) is 1.88. The monoisotopic (exact) mass is 338 g/mol. The maximum atomic E-state index is 13.4. The lowest BCUT2D eigenvalue weighted by Gasteiger charge is -2.09. The van der Waals surface area contributed by atoms with Gasteiger partial charge in [0.1, 0.15) is 11.6 Å². The van der Waals surface area contributed by atoms with Gasteiger partial charge in [-0.2, -0.15) is 0 Å². The molecule has 0 saturated carbocycles. The molecule has 0 unspecified atom stereocenters. The zero-order chi connectivity index (χ0) is 14.7. The van der Waals surface area contributed by atoms with Crippen molar-refractivity contribution in [2.75, 3.05) is 18.2 Å². The largest absolute Gasteiger partial charge is 0.495 e. The van der Waals surface area contributed by atoms with Crippen molar-refractivity contribution in [2.45, 2.75) is 0 Å². The number of hydrogen-bond donors (Lipinski definition) is 2. The molecule has 2 rings (SSSR count). The topological polar surface area (TPSA) is 64.3 Å².